The molecule has 0 radical (unpaired) electrons. The SMILES string of the molecule is COc1cc(N(C)CC(C)N)ccn1. The highest BCUT2D eigenvalue weighted by Gasteiger charge is 2.04. The number of ether oxygens (including phenoxy) is 1. The minimum Gasteiger partial charge on any atom is -0.481 e. The number of hydrogen-bond donors (Lipinski definition) is 1. The molecule has 0 fully saturated rings. The second-order valence-corrected chi connectivity index (χ2v) is 3.41. The highest BCUT2D eigenvalue weighted by molar-refractivity contribution is 5.47. The Hall–Kier alpha value is -1.29. The number of methoxy groups -OCH3 is 1. The fourth-order valence-corrected chi connectivity index (χ4v) is 1.29. The van der Waals surface area contributed by atoms with Crippen molar-refractivity contribution in [1.29, 1.82) is 0 Å². The Labute approximate surface area is 84.7 Å². The summed E-state index contributed by atoms with van der Waals surface area (Å²) in [4.78, 5) is 6.12. The van der Waals surface area contributed by atoms with Gasteiger partial charge in [-0.15, -0.1) is 0 Å². The summed E-state index contributed by atoms with van der Waals surface area (Å²) in [5.41, 5.74) is 6.78. The van der Waals surface area contributed by atoms with Crippen LogP contribution in [0.5, 0.6) is 5.88 Å². The molecule has 0 bridgehead atoms. The minimum atomic E-state index is 0.152. The average molecular weight is 195 g/mol. The Balaban J connectivity index is 2.73. The van der Waals surface area contributed by atoms with E-state index in [1.807, 2.05) is 26.1 Å². The number of rotatable bonds is 4. The molecule has 4 nitrogen and oxygen atoms in total. The molecule has 1 rings (SSSR count). The molecule has 1 heterocycles. The van der Waals surface area contributed by atoms with Crippen LogP contribution in [0, 0.1) is 0 Å². The quantitative estimate of drug-likeness (QED) is 0.774. The first-order chi connectivity index (χ1) is 6.63. The smallest absolute Gasteiger partial charge is 0.214 e. The standard InChI is InChI=1S/C10H17N3O/c1-8(11)7-13(2)9-4-5-12-10(6-9)14-3/h4-6,8H,7,11H2,1-3H3. The molecule has 1 unspecified atom stereocenters. The van der Waals surface area contributed by atoms with Crippen LogP contribution in [-0.2, 0) is 0 Å². The zero-order valence-electron chi connectivity index (χ0n) is 8.90. The number of pyridine rings is 1. The third kappa shape index (κ3) is 2.88. The first-order valence-electron chi connectivity index (χ1n) is 4.60. The molecule has 0 aliphatic rings. The van der Waals surface area contributed by atoms with Crippen molar-refractivity contribution < 1.29 is 4.74 Å². The highest BCUT2D eigenvalue weighted by Crippen LogP contribution is 2.16. The van der Waals surface area contributed by atoms with Gasteiger partial charge in [-0.25, -0.2) is 4.98 Å². The van der Waals surface area contributed by atoms with Gasteiger partial charge < -0.3 is 15.4 Å². The van der Waals surface area contributed by atoms with Crippen molar-refractivity contribution in [3.05, 3.63) is 18.3 Å². The van der Waals surface area contributed by atoms with Crippen molar-refractivity contribution in [2.24, 2.45) is 5.73 Å². The second kappa shape index (κ2) is 4.81. The lowest BCUT2D eigenvalue weighted by molar-refractivity contribution is 0.398. The summed E-state index contributed by atoms with van der Waals surface area (Å²) < 4.78 is 5.04. The molecule has 0 aromatic carbocycles. The summed E-state index contributed by atoms with van der Waals surface area (Å²) >= 11 is 0. The van der Waals surface area contributed by atoms with Crippen molar-refractivity contribution in [2.75, 3.05) is 25.6 Å². The van der Waals surface area contributed by atoms with Crippen molar-refractivity contribution in [1.82, 2.24) is 4.98 Å². The Morgan fingerprint density at radius 2 is 2.36 bits per heavy atom. The van der Waals surface area contributed by atoms with Crippen LogP contribution in [-0.4, -0.2) is 31.7 Å². The number of hydrogen-bond acceptors (Lipinski definition) is 4. The van der Waals surface area contributed by atoms with E-state index >= 15 is 0 Å². The fraction of sp³-hybridized carbons (Fsp3) is 0.500. The average Bonchev–Trinajstić information content (AvgIpc) is 2.17. The zero-order valence-corrected chi connectivity index (χ0v) is 8.90. The van der Waals surface area contributed by atoms with Gasteiger partial charge in [0.05, 0.1) is 7.11 Å². The van der Waals surface area contributed by atoms with Crippen molar-refractivity contribution in [3.8, 4) is 5.88 Å². The molecule has 0 aliphatic heterocycles. The summed E-state index contributed by atoms with van der Waals surface area (Å²) in [6.45, 7) is 2.79. The Morgan fingerprint density at radius 3 is 2.93 bits per heavy atom. The van der Waals surface area contributed by atoms with Crippen LogP contribution in [0.15, 0.2) is 18.3 Å². The van der Waals surface area contributed by atoms with Gasteiger partial charge >= 0.3 is 0 Å². The fourth-order valence-electron chi connectivity index (χ4n) is 1.29. The maximum Gasteiger partial charge on any atom is 0.214 e. The van der Waals surface area contributed by atoms with E-state index in [9.17, 15) is 0 Å². The lowest BCUT2D eigenvalue weighted by atomic mass is 10.3. The van der Waals surface area contributed by atoms with Gasteiger partial charge in [0, 0.05) is 37.6 Å². The van der Waals surface area contributed by atoms with Crippen LogP contribution in [0.3, 0.4) is 0 Å². The topological polar surface area (TPSA) is 51.4 Å². The summed E-state index contributed by atoms with van der Waals surface area (Å²) in [5, 5.41) is 0. The maximum absolute atomic E-state index is 5.71. The first-order valence-corrected chi connectivity index (χ1v) is 4.60. The molecular weight excluding hydrogens is 178 g/mol. The van der Waals surface area contributed by atoms with Crippen LogP contribution in [0.2, 0.25) is 0 Å². The molecule has 78 valence electrons. The predicted octanol–water partition coefficient (Wildman–Crippen LogP) is 0.874. The van der Waals surface area contributed by atoms with Gasteiger partial charge in [-0.05, 0) is 13.0 Å². The number of nitrogens with zero attached hydrogens (tertiary/aromatic N) is 2. The molecule has 0 saturated heterocycles. The Morgan fingerprint density at radius 1 is 1.64 bits per heavy atom. The molecule has 1 aromatic heterocycles. The normalized spacial score (nSPS) is 12.3. The second-order valence-electron chi connectivity index (χ2n) is 3.41. The lowest BCUT2D eigenvalue weighted by Gasteiger charge is -2.21. The van der Waals surface area contributed by atoms with Gasteiger partial charge in [-0.1, -0.05) is 0 Å². The van der Waals surface area contributed by atoms with E-state index in [2.05, 4.69) is 9.88 Å². The van der Waals surface area contributed by atoms with Crippen LogP contribution in [0.4, 0.5) is 5.69 Å². The largest absolute Gasteiger partial charge is 0.481 e. The molecule has 4 heteroatoms. The molecule has 0 amide bonds. The summed E-state index contributed by atoms with van der Waals surface area (Å²) in [5.74, 6) is 0.624. The number of aromatic nitrogens is 1. The molecule has 14 heavy (non-hydrogen) atoms. The van der Waals surface area contributed by atoms with Gasteiger partial charge in [0.15, 0.2) is 0 Å². The zero-order chi connectivity index (χ0) is 10.6. The van der Waals surface area contributed by atoms with Crippen LogP contribution in [0.1, 0.15) is 6.92 Å². The van der Waals surface area contributed by atoms with Gasteiger partial charge in [-0.3, -0.25) is 0 Å². The highest BCUT2D eigenvalue weighted by atomic mass is 16.5. The van der Waals surface area contributed by atoms with Crippen molar-refractivity contribution >= 4 is 5.69 Å². The number of nitrogens with two attached hydrogens (primary N) is 1. The van der Waals surface area contributed by atoms with Crippen molar-refractivity contribution in [3.63, 3.8) is 0 Å². The van der Waals surface area contributed by atoms with Gasteiger partial charge in [0.1, 0.15) is 0 Å². The van der Waals surface area contributed by atoms with E-state index in [1.54, 1.807) is 13.3 Å². The summed E-state index contributed by atoms with van der Waals surface area (Å²) in [7, 11) is 3.61. The van der Waals surface area contributed by atoms with Gasteiger partial charge in [0.2, 0.25) is 5.88 Å². The summed E-state index contributed by atoms with van der Waals surface area (Å²) in [6.07, 6.45) is 1.73. The minimum absolute atomic E-state index is 0.152. The third-order valence-corrected chi connectivity index (χ3v) is 1.93. The van der Waals surface area contributed by atoms with E-state index in [0.717, 1.165) is 12.2 Å². The Bertz CT molecular complexity index is 288. The number of anilines is 1. The molecule has 1 atom stereocenters. The molecular formula is C10H17N3O. The molecule has 1 aromatic rings. The van der Waals surface area contributed by atoms with Crippen molar-refractivity contribution in [2.45, 2.75) is 13.0 Å². The monoisotopic (exact) mass is 195 g/mol. The van der Waals surface area contributed by atoms with E-state index < -0.39 is 0 Å². The van der Waals surface area contributed by atoms with Crippen LogP contribution < -0.4 is 15.4 Å². The predicted molar refractivity (Wildman–Crippen MR) is 57.7 cm³/mol. The van der Waals surface area contributed by atoms with Crippen LogP contribution in [0.25, 0.3) is 0 Å². The van der Waals surface area contributed by atoms with E-state index in [-0.39, 0.29) is 6.04 Å². The lowest BCUT2D eigenvalue weighted by Crippen LogP contribution is -2.32. The van der Waals surface area contributed by atoms with E-state index in [1.165, 1.54) is 0 Å². The summed E-state index contributed by atoms with van der Waals surface area (Å²) in [6, 6.07) is 3.98. The Kier molecular flexibility index (Phi) is 3.71. The first kappa shape index (κ1) is 10.8. The molecule has 0 aliphatic carbocycles. The van der Waals surface area contributed by atoms with E-state index in [0.29, 0.717) is 5.88 Å². The molecule has 0 spiro atoms. The molecule has 2 N–H and O–H groups in total. The van der Waals surface area contributed by atoms with Crippen LogP contribution >= 0.6 is 0 Å². The maximum atomic E-state index is 5.71. The van der Waals surface area contributed by atoms with E-state index in [4.69, 9.17) is 10.5 Å². The number of likely N-dealkylation sites (N-methyl/N-ethyl adjacent to an activating group) is 1. The third-order valence-electron chi connectivity index (χ3n) is 1.93. The van der Waals surface area contributed by atoms with Gasteiger partial charge in [-0.2, -0.15) is 0 Å². The molecule has 0 saturated carbocycles. The van der Waals surface area contributed by atoms with Gasteiger partial charge in [0.25, 0.3) is 0 Å².